The number of aromatic nitrogens is 1. The van der Waals surface area contributed by atoms with Gasteiger partial charge in [-0.05, 0) is 18.6 Å². The second kappa shape index (κ2) is 8.40. The number of carboxylic acids is 1. The molecule has 9 heteroatoms. The van der Waals surface area contributed by atoms with Gasteiger partial charge in [-0.3, -0.25) is 14.6 Å². The summed E-state index contributed by atoms with van der Waals surface area (Å²) in [5, 5.41) is 20.9. The molecule has 9 nitrogen and oxygen atoms in total. The average Bonchev–Trinajstić information content (AvgIpc) is 2.51. The summed E-state index contributed by atoms with van der Waals surface area (Å²) in [6, 6.07) is 3.23. The maximum Gasteiger partial charge on any atom is 0.326 e. The highest BCUT2D eigenvalue weighted by Gasteiger charge is 2.26. The molecular weight excluding hydrogens is 292 g/mol. The van der Waals surface area contributed by atoms with Gasteiger partial charge < -0.3 is 21.1 Å². The molecule has 0 aliphatic carbocycles. The van der Waals surface area contributed by atoms with Crippen LogP contribution in [0.5, 0.6) is 0 Å². The Hall–Kier alpha value is -2.90. The highest BCUT2D eigenvalue weighted by molar-refractivity contribution is 6.25. The van der Waals surface area contributed by atoms with Gasteiger partial charge in [-0.25, -0.2) is 4.79 Å². The Morgan fingerprint density at radius 1 is 1.41 bits per heavy atom. The zero-order chi connectivity index (χ0) is 16.5. The Morgan fingerprint density at radius 3 is 2.68 bits per heavy atom. The minimum Gasteiger partial charge on any atom is -0.480 e. The van der Waals surface area contributed by atoms with E-state index in [-0.39, 0.29) is 18.5 Å². The van der Waals surface area contributed by atoms with Crippen molar-refractivity contribution in [3.63, 3.8) is 0 Å². The van der Waals surface area contributed by atoms with E-state index in [9.17, 15) is 19.5 Å². The standard InChI is InChI=1S/C13H14N4O5/c14-16-7-8(18)4-5-10(13(21)22)17-12(20)11(19)9-3-1-2-6-15-9/h1-3,6-7,10-11,19H,4-5H2,(H,17,20)(H,21,22). The molecule has 0 fully saturated rings. The molecule has 1 amide bonds. The van der Waals surface area contributed by atoms with Crippen molar-refractivity contribution in [1.82, 2.24) is 10.3 Å². The van der Waals surface area contributed by atoms with E-state index in [1.54, 1.807) is 12.1 Å². The fraction of sp³-hybridized carbons (Fsp3) is 0.308. The summed E-state index contributed by atoms with van der Waals surface area (Å²) >= 11 is 0. The van der Waals surface area contributed by atoms with E-state index in [0.717, 1.165) is 0 Å². The number of pyridine rings is 1. The number of rotatable bonds is 8. The molecule has 0 bridgehead atoms. The monoisotopic (exact) mass is 306 g/mol. The van der Waals surface area contributed by atoms with Gasteiger partial charge in [0.2, 0.25) is 5.78 Å². The Bertz CT molecular complexity index is 598. The predicted octanol–water partition coefficient (Wildman–Crippen LogP) is -0.666. The quantitative estimate of drug-likeness (QED) is 0.329. The smallest absolute Gasteiger partial charge is 0.326 e. The van der Waals surface area contributed by atoms with E-state index in [4.69, 9.17) is 10.6 Å². The third-order valence-corrected chi connectivity index (χ3v) is 2.71. The van der Waals surface area contributed by atoms with Crippen LogP contribution in [-0.2, 0) is 14.4 Å². The van der Waals surface area contributed by atoms with Gasteiger partial charge in [0, 0.05) is 12.6 Å². The van der Waals surface area contributed by atoms with Crippen LogP contribution < -0.4 is 5.32 Å². The molecule has 0 saturated heterocycles. The number of Topliss-reactive ketones (excluding diaryl/α,β-unsaturated/α-hetero) is 1. The van der Waals surface area contributed by atoms with Gasteiger partial charge in [-0.1, -0.05) is 6.07 Å². The molecule has 0 spiro atoms. The molecule has 0 radical (unpaired) electrons. The lowest BCUT2D eigenvalue weighted by Crippen LogP contribution is -2.43. The van der Waals surface area contributed by atoms with Crippen molar-refractivity contribution in [2.24, 2.45) is 0 Å². The number of hydrogen-bond acceptors (Lipinski definition) is 5. The second-order valence-corrected chi connectivity index (χ2v) is 4.31. The Labute approximate surface area is 125 Å². The normalized spacial score (nSPS) is 12.6. The summed E-state index contributed by atoms with van der Waals surface area (Å²) in [6.45, 7) is 0. The van der Waals surface area contributed by atoms with Crippen molar-refractivity contribution in [3.8, 4) is 0 Å². The van der Waals surface area contributed by atoms with Crippen LogP contribution in [0.15, 0.2) is 24.4 Å². The Kier molecular flexibility index (Phi) is 6.55. The molecule has 22 heavy (non-hydrogen) atoms. The summed E-state index contributed by atoms with van der Waals surface area (Å²) in [5.41, 5.74) is 8.25. The lowest BCUT2D eigenvalue weighted by molar-refractivity contribution is -0.143. The molecule has 2 atom stereocenters. The van der Waals surface area contributed by atoms with Crippen LogP contribution in [-0.4, -0.2) is 49.9 Å². The number of carbonyl (C=O) groups excluding carboxylic acids is 2. The van der Waals surface area contributed by atoms with Gasteiger partial charge in [-0.2, -0.15) is 4.79 Å². The van der Waals surface area contributed by atoms with E-state index < -0.39 is 29.8 Å². The highest BCUT2D eigenvalue weighted by Crippen LogP contribution is 2.10. The average molecular weight is 306 g/mol. The lowest BCUT2D eigenvalue weighted by Gasteiger charge is -2.16. The maximum atomic E-state index is 11.8. The molecule has 0 aliphatic rings. The number of aliphatic hydroxyl groups is 1. The molecule has 0 aromatic carbocycles. The number of amides is 1. The third kappa shape index (κ3) is 5.23. The van der Waals surface area contributed by atoms with E-state index in [0.29, 0.717) is 6.21 Å². The molecule has 1 aromatic rings. The first-order chi connectivity index (χ1) is 10.5. The number of aliphatic hydroxyl groups excluding tert-OH is 1. The first-order valence-electron chi connectivity index (χ1n) is 6.28. The van der Waals surface area contributed by atoms with Crippen LogP contribution in [0.2, 0.25) is 0 Å². The molecule has 116 valence electrons. The Balaban J connectivity index is 2.66. The van der Waals surface area contributed by atoms with E-state index >= 15 is 0 Å². The molecule has 1 aromatic heterocycles. The third-order valence-electron chi connectivity index (χ3n) is 2.71. The van der Waals surface area contributed by atoms with Gasteiger partial charge in [0.1, 0.15) is 6.04 Å². The van der Waals surface area contributed by atoms with Crippen molar-refractivity contribution in [3.05, 3.63) is 35.6 Å². The zero-order valence-corrected chi connectivity index (χ0v) is 11.4. The van der Waals surface area contributed by atoms with E-state index in [1.165, 1.54) is 12.3 Å². The second-order valence-electron chi connectivity index (χ2n) is 4.31. The van der Waals surface area contributed by atoms with Crippen LogP contribution in [0.4, 0.5) is 0 Å². The topological polar surface area (TPSA) is 153 Å². The first kappa shape index (κ1) is 17.2. The summed E-state index contributed by atoms with van der Waals surface area (Å²) < 4.78 is 0. The van der Waals surface area contributed by atoms with Crippen molar-refractivity contribution in [1.29, 1.82) is 0 Å². The van der Waals surface area contributed by atoms with Gasteiger partial charge in [0.25, 0.3) is 5.91 Å². The number of aliphatic carboxylic acids is 1. The van der Waals surface area contributed by atoms with Gasteiger partial charge in [0.05, 0.1) is 5.69 Å². The SMILES string of the molecule is [N-]=[N+]=CC(=O)CCC(NC(=O)C(O)c1ccccn1)C(=O)O. The number of hydrogen-bond donors (Lipinski definition) is 3. The summed E-state index contributed by atoms with van der Waals surface area (Å²) in [7, 11) is 0. The minimum atomic E-state index is -1.61. The van der Waals surface area contributed by atoms with Crippen LogP contribution >= 0.6 is 0 Å². The molecule has 3 N–H and O–H groups in total. The fourth-order valence-electron chi connectivity index (χ4n) is 1.60. The maximum absolute atomic E-state index is 11.8. The number of nitrogens with zero attached hydrogens (tertiary/aromatic N) is 3. The largest absolute Gasteiger partial charge is 0.480 e. The van der Waals surface area contributed by atoms with Crippen LogP contribution in [0, 0.1) is 0 Å². The number of carbonyl (C=O) groups is 3. The van der Waals surface area contributed by atoms with Gasteiger partial charge in [0.15, 0.2) is 6.10 Å². The number of ketones is 1. The number of nitrogens with one attached hydrogen (secondary N) is 1. The molecule has 0 saturated carbocycles. The van der Waals surface area contributed by atoms with E-state index in [2.05, 4.69) is 15.1 Å². The minimum absolute atomic E-state index is 0.0765. The molecule has 1 rings (SSSR count). The molecular formula is C13H14N4O5. The molecule has 2 unspecified atom stereocenters. The summed E-state index contributed by atoms with van der Waals surface area (Å²) in [6.07, 6.45) is -0.0311. The van der Waals surface area contributed by atoms with Crippen molar-refractivity contribution < 1.29 is 29.4 Å². The molecule has 1 heterocycles. The van der Waals surface area contributed by atoms with E-state index in [1.807, 2.05) is 0 Å². The number of carboxylic acid groups (broad SMARTS) is 1. The van der Waals surface area contributed by atoms with Gasteiger partial charge in [-0.15, -0.1) is 0 Å². The van der Waals surface area contributed by atoms with Crippen LogP contribution in [0.25, 0.3) is 5.53 Å². The Morgan fingerprint density at radius 2 is 2.14 bits per heavy atom. The van der Waals surface area contributed by atoms with Crippen molar-refractivity contribution in [2.75, 3.05) is 0 Å². The first-order valence-corrected chi connectivity index (χ1v) is 6.28. The lowest BCUT2D eigenvalue weighted by atomic mass is 10.1. The van der Waals surface area contributed by atoms with Crippen molar-refractivity contribution >= 4 is 23.9 Å². The van der Waals surface area contributed by atoms with Crippen LogP contribution in [0.1, 0.15) is 24.6 Å². The highest BCUT2D eigenvalue weighted by atomic mass is 16.4. The molecule has 0 aliphatic heterocycles. The summed E-state index contributed by atoms with van der Waals surface area (Å²) in [5.74, 6) is -2.88. The van der Waals surface area contributed by atoms with Crippen LogP contribution in [0.3, 0.4) is 0 Å². The predicted molar refractivity (Wildman–Crippen MR) is 72.7 cm³/mol. The summed E-state index contributed by atoms with van der Waals surface area (Å²) in [4.78, 5) is 40.3. The fourth-order valence-corrected chi connectivity index (χ4v) is 1.60. The van der Waals surface area contributed by atoms with Crippen molar-refractivity contribution in [2.45, 2.75) is 25.0 Å². The van der Waals surface area contributed by atoms with Gasteiger partial charge >= 0.3 is 12.2 Å². The zero-order valence-electron chi connectivity index (χ0n) is 11.4.